The Morgan fingerprint density at radius 1 is 1.10 bits per heavy atom. The summed E-state index contributed by atoms with van der Waals surface area (Å²) in [7, 11) is 3.37. The lowest BCUT2D eigenvalue weighted by Gasteiger charge is -2.25. The van der Waals surface area contributed by atoms with Crippen molar-refractivity contribution in [3.63, 3.8) is 0 Å². The minimum atomic E-state index is -0.0692. The zero-order chi connectivity index (χ0) is 15.1. The molecule has 114 valence electrons. The van der Waals surface area contributed by atoms with Crippen LogP contribution in [0.1, 0.15) is 5.69 Å². The third-order valence-electron chi connectivity index (χ3n) is 3.37. The van der Waals surface area contributed by atoms with Gasteiger partial charge < -0.3 is 19.5 Å². The Balaban J connectivity index is 2.43. The van der Waals surface area contributed by atoms with E-state index in [1.165, 1.54) is 0 Å². The summed E-state index contributed by atoms with van der Waals surface area (Å²) in [6, 6.07) is 9.98. The summed E-state index contributed by atoms with van der Waals surface area (Å²) in [5.41, 5.74) is 0.670. The lowest BCUT2D eigenvalue weighted by atomic mass is 10.1. The quantitative estimate of drug-likeness (QED) is 0.804. The van der Waals surface area contributed by atoms with Gasteiger partial charge in [-0.2, -0.15) is 0 Å². The van der Waals surface area contributed by atoms with E-state index in [1.807, 2.05) is 30.3 Å². The highest BCUT2D eigenvalue weighted by Crippen LogP contribution is 2.25. The van der Waals surface area contributed by atoms with Crippen LogP contribution in [0.2, 0.25) is 0 Å². The largest absolute Gasteiger partial charge is 0.390 e. The summed E-state index contributed by atoms with van der Waals surface area (Å²) in [6.07, 6.45) is 0. The van der Waals surface area contributed by atoms with E-state index in [-0.39, 0.29) is 6.61 Å². The highest BCUT2D eigenvalue weighted by atomic mass is 16.5. The molecule has 21 heavy (non-hydrogen) atoms. The Kier molecular flexibility index (Phi) is 5.92. The van der Waals surface area contributed by atoms with Crippen molar-refractivity contribution in [2.45, 2.75) is 6.61 Å². The number of nitrogens with zero attached hydrogens (tertiary/aromatic N) is 2. The maximum Gasteiger partial charge on any atom is 0.137 e. The minimum absolute atomic E-state index is 0.0692. The Morgan fingerprint density at radius 2 is 1.76 bits per heavy atom. The van der Waals surface area contributed by atoms with Crippen molar-refractivity contribution < 1.29 is 14.6 Å². The summed E-state index contributed by atoms with van der Waals surface area (Å²) in [4.78, 5) is 6.72. The lowest BCUT2D eigenvalue weighted by molar-refractivity contribution is 0.190. The fourth-order valence-corrected chi connectivity index (χ4v) is 2.28. The van der Waals surface area contributed by atoms with Gasteiger partial charge in [0.15, 0.2) is 0 Å². The monoisotopic (exact) mass is 290 g/mol. The average molecular weight is 290 g/mol. The number of methoxy groups -OCH3 is 2. The number of anilines is 1. The van der Waals surface area contributed by atoms with E-state index in [0.717, 1.165) is 29.7 Å². The number of aliphatic hydroxyl groups excluding tert-OH is 1. The van der Waals surface area contributed by atoms with Crippen molar-refractivity contribution in [1.29, 1.82) is 0 Å². The Labute approximate surface area is 125 Å². The fraction of sp³-hybridized carbons (Fsp3) is 0.438. The standard InChI is InChI=1S/C16H22N2O3/c1-20-9-7-18(8-10-21-2)16-15-6-4-3-5-13(15)11-14(12-19)17-16/h3-6,11,19H,7-10,12H2,1-2H3. The number of aliphatic hydroxyl groups is 1. The molecular formula is C16H22N2O3. The molecule has 2 rings (SSSR count). The minimum Gasteiger partial charge on any atom is -0.390 e. The van der Waals surface area contributed by atoms with E-state index in [2.05, 4.69) is 9.88 Å². The molecule has 0 saturated carbocycles. The van der Waals surface area contributed by atoms with Gasteiger partial charge in [0, 0.05) is 32.7 Å². The van der Waals surface area contributed by atoms with Gasteiger partial charge in [-0.1, -0.05) is 24.3 Å². The van der Waals surface area contributed by atoms with E-state index in [0.29, 0.717) is 18.9 Å². The molecule has 1 aromatic carbocycles. The molecule has 0 atom stereocenters. The maximum absolute atomic E-state index is 9.43. The van der Waals surface area contributed by atoms with Crippen LogP contribution in [0.5, 0.6) is 0 Å². The number of benzene rings is 1. The van der Waals surface area contributed by atoms with Gasteiger partial charge in [0.25, 0.3) is 0 Å². The van der Waals surface area contributed by atoms with Crippen molar-refractivity contribution in [2.75, 3.05) is 45.4 Å². The van der Waals surface area contributed by atoms with Gasteiger partial charge in [0.05, 0.1) is 25.5 Å². The van der Waals surface area contributed by atoms with Crippen molar-refractivity contribution in [3.8, 4) is 0 Å². The smallest absolute Gasteiger partial charge is 0.137 e. The highest BCUT2D eigenvalue weighted by molar-refractivity contribution is 5.92. The van der Waals surface area contributed by atoms with Crippen molar-refractivity contribution >= 4 is 16.6 Å². The van der Waals surface area contributed by atoms with Crippen molar-refractivity contribution in [2.24, 2.45) is 0 Å². The van der Waals surface area contributed by atoms with Crippen LogP contribution in [0.3, 0.4) is 0 Å². The SMILES string of the molecule is COCCN(CCOC)c1nc(CO)cc2ccccc12. The number of aromatic nitrogens is 1. The van der Waals surface area contributed by atoms with E-state index < -0.39 is 0 Å². The van der Waals surface area contributed by atoms with Crippen LogP contribution in [-0.4, -0.2) is 50.6 Å². The second kappa shape index (κ2) is 7.93. The zero-order valence-corrected chi connectivity index (χ0v) is 12.6. The lowest BCUT2D eigenvalue weighted by Crippen LogP contribution is -2.31. The van der Waals surface area contributed by atoms with Crippen LogP contribution in [0.15, 0.2) is 30.3 Å². The van der Waals surface area contributed by atoms with Crippen LogP contribution < -0.4 is 4.90 Å². The molecule has 0 spiro atoms. The molecule has 0 amide bonds. The van der Waals surface area contributed by atoms with Gasteiger partial charge in [-0.15, -0.1) is 0 Å². The number of rotatable bonds is 8. The highest BCUT2D eigenvalue weighted by Gasteiger charge is 2.13. The predicted octanol–water partition coefficient (Wildman–Crippen LogP) is 1.83. The molecule has 1 heterocycles. The zero-order valence-electron chi connectivity index (χ0n) is 12.6. The van der Waals surface area contributed by atoms with E-state index in [9.17, 15) is 5.11 Å². The molecule has 5 nitrogen and oxygen atoms in total. The summed E-state index contributed by atoms with van der Waals surface area (Å²) < 4.78 is 10.4. The van der Waals surface area contributed by atoms with Gasteiger partial charge in [-0.25, -0.2) is 4.98 Å². The van der Waals surface area contributed by atoms with Crippen molar-refractivity contribution in [3.05, 3.63) is 36.0 Å². The first-order chi connectivity index (χ1) is 10.3. The Morgan fingerprint density at radius 3 is 2.38 bits per heavy atom. The molecule has 0 fully saturated rings. The van der Waals surface area contributed by atoms with Crippen LogP contribution in [0, 0.1) is 0 Å². The molecule has 2 aromatic rings. The molecule has 0 unspecified atom stereocenters. The molecule has 0 saturated heterocycles. The van der Waals surface area contributed by atoms with Crippen LogP contribution in [-0.2, 0) is 16.1 Å². The number of hydrogen-bond donors (Lipinski definition) is 1. The van der Waals surface area contributed by atoms with E-state index in [4.69, 9.17) is 9.47 Å². The second-order valence-electron chi connectivity index (χ2n) is 4.79. The summed E-state index contributed by atoms with van der Waals surface area (Å²) in [5.74, 6) is 0.867. The third kappa shape index (κ3) is 3.91. The maximum atomic E-state index is 9.43. The normalized spacial score (nSPS) is 11.0. The van der Waals surface area contributed by atoms with Gasteiger partial charge in [0.1, 0.15) is 5.82 Å². The molecule has 0 aliphatic rings. The van der Waals surface area contributed by atoms with Crippen LogP contribution >= 0.6 is 0 Å². The molecule has 0 aliphatic heterocycles. The first-order valence-electron chi connectivity index (χ1n) is 7.02. The van der Waals surface area contributed by atoms with E-state index in [1.54, 1.807) is 14.2 Å². The second-order valence-corrected chi connectivity index (χ2v) is 4.79. The molecule has 5 heteroatoms. The number of pyridine rings is 1. The molecule has 1 N–H and O–H groups in total. The molecule has 1 aromatic heterocycles. The predicted molar refractivity (Wildman–Crippen MR) is 83.6 cm³/mol. The molecular weight excluding hydrogens is 268 g/mol. The Hall–Kier alpha value is -1.69. The Bertz CT molecular complexity index is 566. The van der Waals surface area contributed by atoms with Gasteiger partial charge in [-0.05, 0) is 11.5 Å². The summed E-state index contributed by atoms with van der Waals surface area (Å²) in [5, 5.41) is 11.6. The van der Waals surface area contributed by atoms with Crippen LogP contribution in [0.25, 0.3) is 10.8 Å². The first kappa shape index (κ1) is 15.7. The molecule has 0 radical (unpaired) electrons. The van der Waals surface area contributed by atoms with Crippen molar-refractivity contribution in [1.82, 2.24) is 4.98 Å². The van der Waals surface area contributed by atoms with Gasteiger partial charge >= 0.3 is 0 Å². The molecule has 0 aliphatic carbocycles. The topological polar surface area (TPSA) is 54.8 Å². The number of fused-ring (bicyclic) bond motifs is 1. The van der Waals surface area contributed by atoms with E-state index >= 15 is 0 Å². The van der Waals surface area contributed by atoms with Gasteiger partial charge in [-0.3, -0.25) is 0 Å². The number of ether oxygens (including phenoxy) is 2. The number of hydrogen-bond acceptors (Lipinski definition) is 5. The summed E-state index contributed by atoms with van der Waals surface area (Å²) in [6.45, 7) is 2.61. The fourth-order valence-electron chi connectivity index (χ4n) is 2.28. The summed E-state index contributed by atoms with van der Waals surface area (Å²) >= 11 is 0. The average Bonchev–Trinajstić information content (AvgIpc) is 2.54. The van der Waals surface area contributed by atoms with Gasteiger partial charge in [0.2, 0.25) is 0 Å². The third-order valence-corrected chi connectivity index (χ3v) is 3.37. The molecule has 0 bridgehead atoms. The first-order valence-corrected chi connectivity index (χ1v) is 7.02. The van der Waals surface area contributed by atoms with Crippen LogP contribution in [0.4, 0.5) is 5.82 Å².